The Morgan fingerprint density at radius 1 is 1.53 bits per heavy atom. The van der Waals surface area contributed by atoms with E-state index in [9.17, 15) is 0 Å². The van der Waals surface area contributed by atoms with Crippen LogP contribution < -0.4 is 10.5 Å². The van der Waals surface area contributed by atoms with Crippen LogP contribution in [0.1, 0.15) is 29.9 Å². The number of methoxy groups -OCH3 is 1. The fourth-order valence-electron chi connectivity index (χ4n) is 2.22. The third-order valence-electron chi connectivity index (χ3n) is 3.02. The second kappa shape index (κ2) is 3.82. The Kier molecular flexibility index (Phi) is 2.51. The molecule has 0 spiro atoms. The van der Waals surface area contributed by atoms with Gasteiger partial charge >= 0.3 is 0 Å². The maximum atomic E-state index is 9.03. The van der Waals surface area contributed by atoms with E-state index in [4.69, 9.17) is 15.7 Å². The zero-order chi connectivity index (χ0) is 10.8. The number of nitriles is 1. The second-order valence-corrected chi connectivity index (χ2v) is 3.82. The molecule has 3 nitrogen and oxygen atoms in total. The highest BCUT2D eigenvalue weighted by atomic mass is 16.5. The molecule has 0 aromatic heterocycles. The maximum absolute atomic E-state index is 9.03. The number of rotatable bonds is 1. The summed E-state index contributed by atoms with van der Waals surface area (Å²) in [6.45, 7) is 0. The highest BCUT2D eigenvalue weighted by molar-refractivity contribution is 5.63. The van der Waals surface area contributed by atoms with E-state index in [0.717, 1.165) is 30.4 Å². The van der Waals surface area contributed by atoms with Gasteiger partial charge in [-0.05, 0) is 36.5 Å². The summed E-state index contributed by atoms with van der Waals surface area (Å²) in [6.07, 6.45) is 2.93. The fourth-order valence-corrected chi connectivity index (χ4v) is 2.22. The van der Waals surface area contributed by atoms with E-state index in [1.54, 1.807) is 7.11 Å². The van der Waals surface area contributed by atoms with Gasteiger partial charge in [-0.15, -0.1) is 0 Å². The topological polar surface area (TPSA) is 59.0 Å². The van der Waals surface area contributed by atoms with E-state index >= 15 is 0 Å². The van der Waals surface area contributed by atoms with E-state index in [-0.39, 0.29) is 5.92 Å². The minimum atomic E-state index is 0.00181. The van der Waals surface area contributed by atoms with Gasteiger partial charge in [0.1, 0.15) is 5.75 Å². The molecule has 1 aromatic carbocycles. The summed E-state index contributed by atoms with van der Waals surface area (Å²) in [5, 5.41) is 9.03. The van der Waals surface area contributed by atoms with E-state index in [2.05, 4.69) is 6.07 Å². The van der Waals surface area contributed by atoms with E-state index in [0.29, 0.717) is 11.4 Å². The van der Waals surface area contributed by atoms with Gasteiger partial charge in [0.2, 0.25) is 0 Å². The Morgan fingerprint density at radius 2 is 2.33 bits per heavy atom. The van der Waals surface area contributed by atoms with Gasteiger partial charge < -0.3 is 10.5 Å². The van der Waals surface area contributed by atoms with Gasteiger partial charge in [0.25, 0.3) is 0 Å². The van der Waals surface area contributed by atoms with Crippen LogP contribution in [-0.2, 0) is 6.42 Å². The number of hydrogen-bond acceptors (Lipinski definition) is 3. The van der Waals surface area contributed by atoms with Crippen LogP contribution in [0.4, 0.5) is 5.69 Å². The lowest BCUT2D eigenvalue weighted by molar-refractivity contribution is 0.416. The van der Waals surface area contributed by atoms with Crippen LogP contribution in [0.5, 0.6) is 5.75 Å². The Balaban J connectivity index is 2.53. The number of anilines is 1. The Bertz CT molecular complexity index is 420. The summed E-state index contributed by atoms with van der Waals surface area (Å²) in [7, 11) is 1.61. The summed E-state index contributed by atoms with van der Waals surface area (Å²) in [5.41, 5.74) is 8.89. The lowest BCUT2D eigenvalue weighted by Gasteiger charge is -2.22. The van der Waals surface area contributed by atoms with Crippen LogP contribution in [0.15, 0.2) is 12.1 Å². The van der Waals surface area contributed by atoms with E-state index < -0.39 is 0 Å². The zero-order valence-electron chi connectivity index (χ0n) is 8.79. The second-order valence-electron chi connectivity index (χ2n) is 3.82. The van der Waals surface area contributed by atoms with Crippen molar-refractivity contribution in [3.8, 4) is 11.8 Å². The molecule has 2 rings (SSSR count). The number of hydrogen-bond donors (Lipinski definition) is 1. The van der Waals surface area contributed by atoms with Crippen LogP contribution in [-0.4, -0.2) is 7.11 Å². The molecule has 15 heavy (non-hydrogen) atoms. The SMILES string of the molecule is COc1ccc2c(c1N)CCCC2C#N. The van der Waals surface area contributed by atoms with Crippen molar-refractivity contribution in [2.45, 2.75) is 25.2 Å². The van der Waals surface area contributed by atoms with Gasteiger partial charge in [-0.3, -0.25) is 0 Å². The molecule has 0 saturated carbocycles. The minimum absolute atomic E-state index is 0.00181. The van der Waals surface area contributed by atoms with Crippen molar-refractivity contribution in [1.29, 1.82) is 5.26 Å². The number of nitrogens with zero attached hydrogens (tertiary/aromatic N) is 1. The Hall–Kier alpha value is -1.69. The summed E-state index contributed by atoms with van der Waals surface area (Å²) >= 11 is 0. The number of ether oxygens (including phenoxy) is 1. The number of benzene rings is 1. The van der Waals surface area contributed by atoms with Crippen molar-refractivity contribution in [2.75, 3.05) is 12.8 Å². The molecular formula is C12H14N2O. The molecule has 0 aliphatic heterocycles. The lowest BCUT2D eigenvalue weighted by atomic mass is 9.83. The van der Waals surface area contributed by atoms with Crippen LogP contribution in [0.2, 0.25) is 0 Å². The number of nitrogen functional groups attached to an aromatic ring is 1. The number of nitrogens with two attached hydrogens (primary N) is 1. The monoisotopic (exact) mass is 202 g/mol. The van der Waals surface area contributed by atoms with Crippen molar-refractivity contribution < 1.29 is 4.74 Å². The molecule has 0 bridgehead atoms. The molecular weight excluding hydrogens is 188 g/mol. The van der Waals surface area contributed by atoms with E-state index in [1.807, 2.05) is 12.1 Å². The smallest absolute Gasteiger partial charge is 0.142 e. The summed E-state index contributed by atoms with van der Waals surface area (Å²) in [5.74, 6) is 0.717. The normalized spacial score (nSPS) is 19.1. The van der Waals surface area contributed by atoms with Gasteiger partial charge in [0, 0.05) is 0 Å². The average molecular weight is 202 g/mol. The first kappa shape index (κ1) is 9.85. The van der Waals surface area contributed by atoms with Crippen LogP contribution in [0, 0.1) is 11.3 Å². The highest BCUT2D eigenvalue weighted by Crippen LogP contribution is 2.38. The molecule has 2 N–H and O–H groups in total. The molecule has 0 radical (unpaired) electrons. The molecule has 1 aromatic rings. The molecule has 1 aliphatic rings. The van der Waals surface area contributed by atoms with Crippen molar-refractivity contribution in [3.05, 3.63) is 23.3 Å². The molecule has 0 amide bonds. The predicted molar refractivity (Wildman–Crippen MR) is 58.7 cm³/mol. The van der Waals surface area contributed by atoms with Gasteiger partial charge in [-0.25, -0.2) is 0 Å². The molecule has 3 heteroatoms. The van der Waals surface area contributed by atoms with Crippen LogP contribution in [0.25, 0.3) is 0 Å². The third-order valence-corrected chi connectivity index (χ3v) is 3.02. The van der Waals surface area contributed by atoms with Crippen molar-refractivity contribution in [2.24, 2.45) is 0 Å². The quantitative estimate of drug-likeness (QED) is 0.710. The molecule has 0 heterocycles. The van der Waals surface area contributed by atoms with Crippen LogP contribution >= 0.6 is 0 Å². The minimum Gasteiger partial charge on any atom is -0.495 e. The summed E-state index contributed by atoms with van der Waals surface area (Å²) in [6, 6.07) is 6.15. The Morgan fingerprint density at radius 3 is 3.00 bits per heavy atom. The van der Waals surface area contributed by atoms with Gasteiger partial charge in [-0.1, -0.05) is 6.07 Å². The van der Waals surface area contributed by atoms with Gasteiger partial charge in [0.15, 0.2) is 0 Å². The summed E-state index contributed by atoms with van der Waals surface area (Å²) < 4.78 is 5.17. The zero-order valence-corrected chi connectivity index (χ0v) is 8.79. The van der Waals surface area contributed by atoms with Crippen molar-refractivity contribution in [1.82, 2.24) is 0 Å². The standard InChI is InChI=1S/C12H14N2O/c1-15-11-6-5-9-8(7-13)3-2-4-10(9)12(11)14/h5-6,8H,2-4,14H2,1H3. The van der Waals surface area contributed by atoms with Gasteiger partial charge in [0.05, 0.1) is 24.8 Å². The third kappa shape index (κ3) is 1.52. The molecule has 1 unspecified atom stereocenters. The predicted octanol–water partition coefficient (Wildman–Crippen LogP) is 2.22. The number of fused-ring (bicyclic) bond motifs is 1. The maximum Gasteiger partial charge on any atom is 0.142 e. The first-order valence-corrected chi connectivity index (χ1v) is 5.12. The highest BCUT2D eigenvalue weighted by Gasteiger charge is 2.22. The Labute approximate surface area is 89.5 Å². The first-order valence-electron chi connectivity index (χ1n) is 5.12. The van der Waals surface area contributed by atoms with Gasteiger partial charge in [-0.2, -0.15) is 5.26 Å². The van der Waals surface area contributed by atoms with E-state index in [1.165, 1.54) is 0 Å². The molecule has 78 valence electrons. The van der Waals surface area contributed by atoms with Crippen molar-refractivity contribution in [3.63, 3.8) is 0 Å². The largest absolute Gasteiger partial charge is 0.495 e. The van der Waals surface area contributed by atoms with Crippen LogP contribution in [0.3, 0.4) is 0 Å². The summed E-state index contributed by atoms with van der Waals surface area (Å²) in [4.78, 5) is 0. The first-order chi connectivity index (χ1) is 7.27. The lowest BCUT2D eigenvalue weighted by Crippen LogP contribution is -2.11. The molecule has 0 fully saturated rings. The van der Waals surface area contributed by atoms with Crippen molar-refractivity contribution >= 4 is 5.69 Å². The molecule has 1 aliphatic carbocycles. The molecule has 0 saturated heterocycles. The molecule has 1 atom stereocenters. The average Bonchev–Trinajstić information content (AvgIpc) is 2.29. The fraction of sp³-hybridized carbons (Fsp3) is 0.417.